The maximum Gasteiger partial charge on any atom is 0.282 e. The first kappa shape index (κ1) is 16.2. The number of nitrogens with zero attached hydrogens (tertiary/aromatic N) is 3. The summed E-state index contributed by atoms with van der Waals surface area (Å²) in [7, 11) is -1.97. The minimum atomic E-state index is -3.56. The third-order valence-electron chi connectivity index (χ3n) is 4.09. The van der Waals surface area contributed by atoms with Gasteiger partial charge >= 0.3 is 0 Å². The highest BCUT2D eigenvalue weighted by Gasteiger charge is 2.39. The average molecular weight is 335 g/mol. The Kier molecular flexibility index (Phi) is 4.52. The molecule has 23 heavy (non-hydrogen) atoms. The molecule has 1 atom stereocenters. The van der Waals surface area contributed by atoms with E-state index in [-0.39, 0.29) is 12.6 Å². The van der Waals surface area contributed by atoms with Crippen LogP contribution in [-0.4, -0.2) is 35.6 Å². The quantitative estimate of drug-likeness (QED) is 0.842. The molecule has 1 unspecified atom stereocenters. The molecule has 6 nitrogen and oxygen atoms in total. The van der Waals surface area contributed by atoms with E-state index in [0.29, 0.717) is 6.54 Å². The Morgan fingerprint density at radius 2 is 2.17 bits per heavy atom. The predicted octanol–water partition coefficient (Wildman–Crippen LogP) is 2.50. The number of hydrogen-bond donors (Lipinski definition) is 0. The number of pyridine rings is 1. The van der Waals surface area contributed by atoms with Crippen LogP contribution in [0.3, 0.4) is 0 Å². The van der Waals surface area contributed by atoms with Crippen molar-refractivity contribution in [1.82, 2.24) is 13.6 Å². The lowest BCUT2D eigenvalue weighted by molar-refractivity contribution is 0.307. The minimum Gasteiger partial charge on any atom is -0.465 e. The Labute approximate surface area is 136 Å². The summed E-state index contributed by atoms with van der Waals surface area (Å²) in [6.45, 7) is 2.63. The SMILES string of the molecule is Cc1ccc(C2CCCN2S(=O)(=O)N(C)Cc2ccccn2)o1. The molecule has 124 valence electrons. The van der Waals surface area contributed by atoms with E-state index in [1.54, 1.807) is 13.2 Å². The minimum absolute atomic E-state index is 0.222. The molecule has 0 aliphatic carbocycles. The van der Waals surface area contributed by atoms with Crippen molar-refractivity contribution in [2.45, 2.75) is 32.4 Å². The maximum atomic E-state index is 12.9. The van der Waals surface area contributed by atoms with Crippen LogP contribution in [0.5, 0.6) is 0 Å². The Balaban J connectivity index is 1.80. The highest BCUT2D eigenvalue weighted by Crippen LogP contribution is 2.35. The van der Waals surface area contributed by atoms with E-state index < -0.39 is 10.2 Å². The molecule has 7 heteroatoms. The molecule has 0 N–H and O–H groups in total. The largest absolute Gasteiger partial charge is 0.465 e. The Hall–Kier alpha value is -1.70. The number of aromatic nitrogens is 1. The molecule has 2 aromatic rings. The van der Waals surface area contributed by atoms with Crippen LogP contribution in [0.15, 0.2) is 40.9 Å². The topological polar surface area (TPSA) is 66.7 Å². The third-order valence-corrected chi connectivity index (χ3v) is 6.04. The van der Waals surface area contributed by atoms with Crippen LogP contribution in [0, 0.1) is 6.92 Å². The second-order valence-corrected chi connectivity index (χ2v) is 7.79. The third kappa shape index (κ3) is 3.31. The van der Waals surface area contributed by atoms with Crippen molar-refractivity contribution in [2.75, 3.05) is 13.6 Å². The lowest BCUT2D eigenvalue weighted by Gasteiger charge is -2.27. The lowest BCUT2D eigenvalue weighted by Crippen LogP contribution is -2.41. The summed E-state index contributed by atoms with van der Waals surface area (Å²) < 4.78 is 34.4. The van der Waals surface area contributed by atoms with Gasteiger partial charge in [-0.05, 0) is 44.0 Å². The molecule has 0 saturated carbocycles. The Bertz CT molecular complexity index is 758. The van der Waals surface area contributed by atoms with E-state index in [0.717, 1.165) is 30.1 Å². The molecule has 0 aromatic carbocycles. The van der Waals surface area contributed by atoms with Crippen LogP contribution in [0.1, 0.15) is 36.1 Å². The van der Waals surface area contributed by atoms with E-state index in [1.807, 2.05) is 37.3 Å². The fourth-order valence-electron chi connectivity index (χ4n) is 2.91. The first-order valence-corrected chi connectivity index (χ1v) is 9.07. The fraction of sp³-hybridized carbons (Fsp3) is 0.438. The van der Waals surface area contributed by atoms with Gasteiger partial charge < -0.3 is 4.42 Å². The summed E-state index contributed by atoms with van der Waals surface area (Å²) in [4.78, 5) is 4.20. The van der Waals surface area contributed by atoms with Gasteiger partial charge in [-0.15, -0.1) is 0 Å². The summed E-state index contributed by atoms with van der Waals surface area (Å²) in [6, 6.07) is 9.01. The molecule has 2 aromatic heterocycles. The zero-order chi connectivity index (χ0) is 16.4. The van der Waals surface area contributed by atoms with Crippen LogP contribution in [0.4, 0.5) is 0 Å². The van der Waals surface area contributed by atoms with Crippen molar-refractivity contribution in [3.63, 3.8) is 0 Å². The second-order valence-electron chi connectivity index (χ2n) is 5.80. The number of aryl methyl sites for hydroxylation is 1. The van der Waals surface area contributed by atoms with Crippen LogP contribution >= 0.6 is 0 Å². The van der Waals surface area contributed by atoms with E-state index in [1.165, 1.54) is 8.61 Å². The zero-order valence-electron chi connectivity index (χ0n) is 13.3. The van der Waals surface area contributed by atoms with E-state index in [4.69, 9.17) is 4.42 Å². The van der Waals surface area contributed by atoms with E-state index in [9.17, 15) is 8.42 Å². The van der Waals surface area contributed by atoms with Crippen molar-refractivity contribution in [1.29, 1.82) is 0 Å². The molecule has 0 spiro atoms. The van der Waals surface area contributed by atoms with Gasteiger partial charge in [0, 0.05) is 19.8 Å². The highest BCUT2D eigenvalue weighted by molar-refractivity contribution is 7.86. The van der Waals surface area contributed by atoms with Gasteiger partial charge in [-0.2, -0.15) is 17.0 Å². The second kappa shape index (κ2) is 6.43. The summed E-state index contributed by atoms with van der Waals surface area (Å²) in [6.07, 6.45) is 3.28. The van der Waals surface area contributed by atoms with Crippen molar-refractivity contribution in [3.8, 4) is 0 Å². The molecule has 1 saturated heterocycles. The number of hydrogen-bond acceptors (Lipinski definition) is 4. The average Bonchev–Trinajstić information content (AvgIpc) is 3.16. The molecule has 0 bridgehead atoms. The molecular formula is C16H21N3O3S. The first-order chi connectivity index (χ1) is 11.0. The Morgan fingerprint density at radius 3 is 2.83 bits per heavy atom. The van der Waals surface area contributed by atoms with Crippen molar-refractivity contribution >= 4 is 10.2 Å². The van der Waals surface area contributed by atoms with Gasteiger partial charge in [0.25, 0.3) is 10.2 Å². The molecular weight excluding hydrogens is 314 g/mol. The monoisotopic (exact) mass is 335 g/mol. The van der Waals surface area contributed by atoms with Crippen LogP contribution in [-0.2, 0) is 16.8 Å². The van der Waals surface area contributed by atoms with Crippen LogP contribution < -0.4 is 0 Å². The lowest BCUT2D eigenvalue weighted by atomic mass is 10.2. The molecule has 3 heterocycles. The standard InChI is InChI=1S/C16H21N3O3S/c1-13-8-9-16(22-13)15-7-5-11-19(15)23(20,21)18(2)12-14-6-3-4-10-17-14/h3-4,6,8-10,15H,5,7,11-12H2,1-2H3. The molecule has 0 amide bonds. The Morgan fingerprint density at radius 1 is 1.35 bits per heavy atom. The van der Waals surface area contributed by atoms with E-state index in [2.05, 4.69) is 4.98 Å². The van der Waals surface area contributed by atoms with Crippen molar-refractivity contribution < 1.29 is 12.8 Å². The number of rotatable bonds is 5. The summed E-state index contributed by atoms with van der Waals surface area (Å²) >= 11 is 0. The molecule has 0 radical (unpaired) electrons. The van der Waals surface area contributed by atoms with Gasteiger partial charge in [-0.25, -0.2) is 0 Å². The van der Waals surface area contributed by atoms with Gasteiger partial charge in [-0.1, -0.05) is 6.07 Å². The maximum absolute atomic E-state index is 12.9. The smallest absolute Gasteiger partial charge is 0.282 e. The summed E-state index contributed by atoms with van der Waals surface area (Å²) in [5.41, 5.74) is 0.725. The van der Waals surface area contributed by atoms with Crippen LogP contribution in [0.2, 0.25) is 0 Å². The van der Waals surface area contributed by atoms with Crippen molar-refractivity contribution in [2.24, 2.45) is 0 Å². The first-order valence-electron chi connectivity index (χ1n) is 7.68. The normalized spacial score (nSPS) is 19.5. The zero-order valence-corrected chi connectivity index (χ0v) is 14.2. The molecule has 1 aliphatic rings. The van der Waals surface area contributed by atoms with Gasteiger partial charge in [-0.3, -0.25) is 4.98 Å². The molecule has 1 aliphatic heterocycles. The van der Waals surface area contributed by atoms with Gasteiger partial charge in [0.15, 0.2) is 0 Å². The van der Waals surface area contributed by atoms with Crippen LogP contribution in [0.25, 0.3) is 0 Å². The highest BCUT2D eigenvalue weighted by atomic mass is 32.2. The van der Waals surface area contributed by atoms with Crippen molar-refractivity contribution in [3.05, 3.63) is 53.7 Å². The van der Waals surface area contributed by atoms with Gasteiger partial charge in [0.1, 0.15) is 11.5 Å². The van der Waals surface area contributed by atoms with E-state index >= 15 is 0 Å². The predicted molar refractivity (Wildman–Crippen MR) is 86.7 cm³/mol. The summed E-state index contributed by atoms with van der Waals surface area (Å²) in [5.74, 6) is 1.51. The summed E-state index contributed by atoms with van der Waals surface area (Å²) in [5, 5.41) is 0. The van der Waals surface area contributed by atoms with Gasteiger partial charge in [0.05, 0.1) is 18.3 Å². The molecule has 1 fully saturated rings. The fourth-order valence-corrected chi connectivity index (χ4v) is 4.46. The van der Waals surface area contributed by atoms with Gasteiger partial charge in [0.2, 0.25) is 0 Å². The molecule has 3 rings (SSSR count). The number of furan rings is 1.